The van der Waals surface area contributed by atoms with Crippen molar-refractivity contribution in [2.45, 2.75) is 20.0 Å². The van der Waals surface area contributed by atoms with Crippen LogP contribution in [-0.4, -0.2) is 36.9 Å². The number of hydrogen-bond donors (Lipinski definition) is 1. The summed E-state index contributed by atoms with van der Waals surface area (Å²) in [6.07, 6.45) is -0.882. The molecular formula is C22H21ClN2O6. The first-order valence-corrected chi connectivity index (χ1v) is 9.85. The lowest BCUT2D eigenvalue weighted by atomic mass is 10.1. The number of anilines is 1. The monoisotopic (exact) mass is 444 g/mol. The van der Waals surface area contributed by atoms with Crippen LogP contribution >= 0.6 is 11.6 Å². The highest BCUT2D eigenvalue weighted by molar-refractivity contribution is 6.30. The fourth-order valence-corrected chi connectivity index (χ4v) is 2.82. The van der Waals surface area contributed by atoms with Crippen LogP contribution in [0.15, 0.2) is 53.1 Å². The van der Waals surface area contributed by atoms with Crippen LogP contribution in [0, 0.1) is 0 Å². The Hall–Kier alpha value is -3.52. The normalized spacial score (nSPS) is 11.5. The third kappa shape index (κ3) is 5.35. The second kappa shape index (κ2) is 9.99. The quantitative estimate of drug-likeness (QED) is 0.507. The molecule has 3 aromatic rings. The molecule has 0 fully saturated rings. The van der Waals surface area contributed by atoms with E-state index in [9.17, 15) is 9.59 Å². The van der Waals surface area contributed by atoms with Gasteiger partial charge in [-0.2, -0.15) is 0 Å². The molecule has 1 atom stereocenters. The van der Waals surface area contributed by atoms with Crippen LogP contribution in [0.25, 0.3) is 11.3 Å². The average Bonchev–Trinajstić information content (AvgIpc) is 3.18. The van der Waals surface area contributed by atoms with E-state index in [-0.39, 0.29) is 23.7 Å². The fourth-order valence-electron chi connectivity index (χ4n) is 2.70. The lowest BCUT2D eigenvalue weighted by molar-refractivity contribution is -0.122. The van der Waals surface area contributed by atoms with Crippen molar-refractivity contribution in [3.8, 4) is 22.8 Å². The van der Waals surface area contributed by atoms with Gasteiger partial charge in [-0.05, 0) is 50.2 Å². The first kappa shape index (κ1) is 22.2. The van der Waals surface area contributed by atoms with Gasteiger partial charge in [0.15, 0.2) is 11.7 Å². The lowest BCUT2D eigenvalue weighted by Crippen LogP contribution is -2.30. The van der Waals surface area contributed by atoms with Crippen molar-refractivity contribution in [1.82, 2.24) is 5.16 Å². The molecule has 2 aromatic carbocycles. The van der Waals surface area contributed by atoms with Crippen LogP contribution in [0.1, 0.15) is 24.2 Å². The molecule has 162 valence electrons. The number of ether oxygens (including phenoxy) is 3. The SMILES string of the molecule is CCOC(=O)c1c(-c2ccc(Cl)cc2)noc1NC(=O)C(C)Oc1ccc(OC)cc1. The van der Waals surface area contributed by atoms with Gasteiger partial charge in [0, 0.05) is 10.6 Å². The third-order valence-corrected chi connectivity index (χ3v) is 4.52. The summed E-state index contributed by atoms with van der Waals surface area (Å²) in [6.45, 7) is 3.39. The third-order valence-electron chi connectivity index (χ3n) is 4.27. The maximum absolute atomic E-state index is 12.6. The van der Waals surface area contributed by atoms with E-state index < -0.39 is 18.0 Å². The van der Waals surface area contributed by atoms with Gasteiger partial charge >= 0.3 is 5.97 Å². The Labute approximate surface area is 184 Å². The number of hydrogen-bond acceptors (Lipinski definition) is 7. The summed E-state index contributed by atoms with van der Waals surface area (Å²) in [5, 5.41) is 7.03. The van der Waals surface area contributed by atoms with E-state index in [0.717, 1.165) is 0 Å². The lowest BCUT2D eigenvalue weighted by Gasteiger charge is -2.14. The molecule has 9 heteroatoms. The minimum absolute atomic E-state index is 0.00849. The summed E-state index contributed by atoms with van der Waals surface area (Å²) in [5.74, 6) is -0.181. The average molecular weight is 445 g/mol. The summed E-state index contributed by atoms with van der Waals surface area (Å²) in [5.41, 5.74) is 0.822. The Balaban J connectivity index is 1.81. The number of nitrogens with one attached hydrogen (secondary N) is 1. The molecule has 0 bridgehead atoms. The van der Waals surface area contributed by atoms with Crippen molar-refractivity contribution in [3.05, 3.63) is 59.1 Å². The largest absolute Gasteiger partial charge is 0.497 e. The van der Waals surface area contributed by atoms with Gasteiger partial charge in [-0.1, -0.05) is 28.9 Å². The van der Waals surface area contributed by atoms with Crippen LogP contribution in [-0.2, 0) is 9.53 Å². The molecular weight excluding hydrogens is 424 g/mol. The van der Waals surface area contributed by atoms with Gasteiger partial charge in [-0.25, -0.2) is 4.79 Å². The van der Waals surface area contributed by atoms with E-state index >= 15 is 0 Å². The number of halogens is 1. The highest BCUT2D eigenvalue weighted by atomic mass is 35.5. The first-order valence-electron chi connectivity index (χ1n) is 9.47. The minimum Gasteiger partial charge on any atom is -0.497 e. The van der Waals surface area contributed by atoms with Crippen molar-refractivity contribution in [2.75, 3.05) is 19.0 Å². The molecule has 1 unspecified atom stereocenters. The van der Waals surface area contributed by atoms with Crippen LogP contribution in [0.5, 0.6) is 11.5 Å². The van der Waals surface area contributed by atoms with E-state index in [1.54, 1.807) is 69.5 Å². The zero-order valence-corrected chi connectivity index (χ0v) is 17.9. The summed E-state index contributed by atoms with van der Waals surface area (Å²) >= 11 is 5.93. The topological polar surface area (TPSA) is 99.9 Å². The van der Waals surface area contributed by atoms with Gasteiger partial charge < -0.3 is 18.7 Å². The smallest absolute Gasteiger partial charge is 0.346 e. The molecule has 0 saturated heterocycles. The minimum atomic E-state index is -0.882. The van der Waals surface area contributed by atoms with Crippen molar-refractivity contribution in [1.29, 1.82) is 0 Å². The summed E-state index contributed by atoms with van der Waals surface area (Å²) < 4.78 is 21.1. The Kier molecular flexibility index (Phi) is 7.15. The fraction of sp³-hybridized carbons (Fsp3) is 0.227. The van der Waals surface area contributed by atoms with E-state index in [1.807, 2.05) is 0 Å². The van der Waals surface area contributed by atoms with Crippen LogP contribution in [0.4, 0.5) is 5.88 Å². The Bertz CT molecular complexity index is 1050. The molecule has 0 aliphatic rings. The molecule has 0 aliphatic heterocycles. The number of aromatic nitrogens is 1. The number of methoxy groups -OCH3 is 1. The van der Waals surface area contributed by atoms with Crippen LogP contribution in [0.3, 0.4) is 0 Å². The van der Waals surface area contributed by atoms with Crippen LogP contribution in [0.2, 0.25) is 5.02 Å². The zero-order valence-electron chi connectivity index (χ0n) is 17.2. The highest BCUT2D eigenvalue weighted by Gasteiger charge is 2.28. The van der Waals surface area contributed by atoms with Gasteiger partial charge in [0.2, 0.25) is 5.88 Å². The summed E-state index contributed by atoms with van der Waals surface area (Å²) in [7, 11) is 1.56. The summed E-state index contributed by atoms with van der Waals surface area (Å²) in [4.78, 5) is 25.2. The van der Waals surface area contributed by atoms with Crippen molar-refractivity contribution >= 4 is 29.4 Å². The predicted octanol–water partition coefficient (Wildman–Crippen LogP) is 4.59. The number of esters is 1. The molecule has 0 radical (unpaired) electrons. The molecule has 1 heterocycles. The van der Waals surface area contributed by atoms with E-state index in [2.05, 4.69) is 10.5 Å². The number of carbonyl (C=O) groups excluding carboxylic acids is 2. The number of rotatable bonds is 8. The van der Waals surface area contributed by atoms with Crippen molar-refractivity contribution in [2.24, 2.45) is 0 Å². The second-order valence-corrected chi connectivity index (χ2v) is 6.82. The standard InChI is InChI=1S/C22H21ClN2O6/c1-4-29-22(27)18-19(14-5-7-15(23)8-6-14)25-31-21(18)24-20(26)13(2)30-17-11-9-16(28-3)10-12-17/h5-13H,4H2,1-3H3,(H,24,26). The van der Waals surface area contributed by atoms with E-state index in [0.29, 0.717) is 22.1 Å². The molecule has 1 amide bonds. The molecule has 8 nitrogen and oxygen atoms in total. The zero-order chi connectivity index (χ0) is 22.4. The molecule has 31 heavy (non-hydrogen) atoms. The Morgan fingerprint density at radius 2 is 1.74 bits per heavy atom. The maximum atomic E-state index is 12.6. The van der Waals surface area contributed by atoms with Crippen molar-refractivity contribution < 1.29 is 28.3 Å². The molecule has 1 N–H and O–H groups in total. The van der Waals surface area contributed by atoms with Gasteiger partial charge in [-0.15, -0.1) is 0 Å². The van der Waals surface area contributed by atoms with E-state index in [1.165, 1.54) is 0 Å². The molecule has 0 aliphatic carbocycles. The number of benzene rings is 2. The first-order chi connectivity index (χ1) is 14.9. The van der Waals surface area contributed by atoms with Crippen molar-refractivity contribution in [3.63, 3.8) is 0 Å². The second-order valence-electron chi connectivity index (χ2n) is 6.39. The van der Waals surface area contributed by atoms with Gasteiger partial charge in [0.25, 0.3) is 5.91 Å². The van der Waals surface area contributed by atoms with Gasteiger partial charge in [-0.3, -0.25) is 10.1 Å². The van der Waals surface area contributed by atoms with Gasteiger partial charge in [0.1, 0.15) is 17.2 Å². The highest BCUT2D eigenvalue weighted by Crippen LogP contribution is 2.31. The molecule has 1 aromatic heterocycles. The number of amides is 1. The van der Waals surface area contributed by atoms with Gasteiger partial charge in [0.05, 0.1) is 13.7 Å². The van der Waals surface area contributed by atoms with E-state index in [4.69, 9.17) is 30.3 Å². The Morgan fingerprint density at radius 3 is 2.35 bits per heavy atom. The molecule has 0 saturated carbocycles. The molecule has 0 spiro atoms. The Morgan fingerprint density at radius 1 is 1.10 bits per heavy atom. The number of nitrogens with zero attached hydrogens (tertiary/aromatic N) is 1. The predicted molar refractivity (Wildman–Crippen MR) is 115 cm³/mol. The molecule has 3 rings (SSSR count). The van der Waals surface area contributed by atoms with Crippen LogP contribution < -0.4 is 14.8 Å². The maximum Gasteiger partial charge on any atom is 0.346 e. The number of carbonyl (C=O) groups is 2. The summed E-state index contributed by atoms with van der Waals surface area (Å²) in [6, 6.07) is 13.5.